The van der Waals surface area contributed by atoms with E-state index in [2.05, 4.69) is 20.2 Å². The Morgan fingerprint density at radius 3 is 2.45 bits per heavy atom. The molecule has 0 fully saturated rings. The Labute approximate surface area is 193 Å². The number of carbonyl (C=O) groups is 1. The number of amides is 1. The summed E-state index contributed by atoms with van der Waals surface area (Å²) >= 11 is 6.34. The Morgan fingerprint density at radius 2 is 1.73 bits per heavy atom. The van der Waals surface area contributed by atoms with Gasteiger partial charge in [0, 0.05) is 16.0 Å². The fraction of sp³-hybridized carbons (Fsp3) is 0.0800. The Morgan fingerprint density at radius 1 is 1.03 bits per heavy atom. The SMILES string of the molecule is C/C(=N/NC(=O)c1cc(-c2ccccc2Cl)nc2ccccc12)c1ccc(OC(F)F)cc1. The molecular formula is C25H18ClF2N3O2. The summed E-state index contributed by atoms with van der Waals surface area (Å²) in [7, 11) is 0. The third-order valence-corrected chi connectivity index (χ3v) is 5.26. The quantitative estimate of drug-likeness (QED) is 0.268. The summed E-state index contributed by atoms with van der Waals surface area (Å²) in [5.41, 5.74) is 6.04. The number of rotatable bonds is 6. The number of nitrogens with one attached hydrogen (secondary N) is 1. The molecule has 0 aliphatic rings. The van der Waals surface area contributed by atoms with Gasteiger partial charge in [0.05, 0.1) is 22.5 Å². The van der Waals surface area contributed by atoms with Crippen LogP contribution in [0.25, 0.3) is 22.2 Å². The number of fused-ring (bicyclic) bond motifs is 1. The molecule has 0 bridgehead atoms. The smallest absolute Gasteiger partial charge is 0.387 e. The summed E-state index contributed by atoms with van der Waals surface area (Å²) in [4.78, 5) is 17.7. The third kappa shape index (κ3) is 5.15. The van der Waals surface area contributed by atoms with Gasteiger partial charge in [-0.1, -0.05) is 48.0 Å². The molecule has 33 heavy (non-hydrogen) atoms. The molecule has 1 aromatic heterocycles. The molecule has 0 aliphatic carbocycles. The van der Waals surface area contributed by atoms with E-state index in [9.17, 15) is 13.6 Å². The van der Waals surface area contributed by atoms with E-state index in [0.717, 1.165) is 0 Å². The lowest BCUT2D eigenvalue weighted by molar-refractivity contribution is -0.0498. The second kappa shape index (κ2) is 9.75. The van der Waals surface area contributed by atoms with Crippen LogP contribution >= 0.6 is 11.6 Å². The number of halogens is 3. The minimum Gasteiger partial charge on any atom is -0.435 e. The highest BCUT2D eigenvalue weighted by Crippen LogP contribution is 2.29. The second-order valence-corrected chi connectivity index (χ2v) is 7.50. The number of alkyl halides is 2. The second-order valence-electron chi connectivity index (χ2n) is 7.09. The molecule has 0 spiro atoms. The van der Waals surface area contributed by atoms with E-state index in [1.54, 1.807) is 31.2 Å². The highest BCUT2D eigenvalue weighted by Gasteiger charge is 2.15. The maximum Gasteiger partial charge on any atom is 0.387 e. The zero-order valence-electron chi connectivity index (χ0n) is 17.4. The molecule has 0 saturated carbocycles. The summed E-state index contributed by atoms with van der Waals surface area (Å²) in [6.07, 6.45) is 0. The average Bonchev–Trinajstić information content (AvgIpc) is 2.82. The van der Waals surface area contributed by atoms with E-state index in [0.29, 0.717) is 44.0 Å². The zero-order chi connectivity index (χ0) is 23.4. The number of aromatic nitrogens is 1. The van der Waals surface area contributed by atoms with Gasteiger partial charge in [-0.25, -0.2) is 10.4 Å². The normalized spacial score (nSPS) is 11.6. The lowest BCUT2D eigenvalue weighted by atomic mass is 10.0. The van der Waals surface area contributed by atoms with E-state index in [4.69, 9.17) is 11.6 Å². The van der Waals surface area contributed by atoms with Gasteiger partial charge in [0.25, 0.3) is 5.91 Å². The van der Waals surface area contributed by atoms with Gasteiger partial charge in [-0.15, -0.1) is 0 Å². The molecule has 3 aromatic carbocycles. The molecule has 1 N–H and O–H groups in total. The number of pyridine rings is 1. The molecule has 0 unspecified atom stereocenters. The predicted octanol–water partition coefficient (Wildman–Crippen LogP) is 6.31. The van der Waals surface area contributed by atoms with Crippen LogP contribution in [0.15, 0.2) is 84.0 Å². The first-order valence-corrected chi connectivity index (χ1v) is 10.3. The van der Waals surface area contributed by atoms with Crippen molar-refractivity contribution in [1.82, 2.24) is 10.4 Å². The van der Waals surface area contributed by atoms with Crippen LogP contribution in [0.4, 0.5) is 8.78 Å². The lowest BCUT2D eigenvalue weighted by Crippen LogP contribution is -2.20. The van der Waals surface area contributed by atoms with Crippen molar-refractivity contribution < 1.29 is 18.3 Å². The van der Waals surface area contributed by atoms with E-state index < -0.39 is 12.5 Å². The summed E-state index contributed by atoms with van der Waals surface area (Å²) in [5.74, 6) is -0.375. The molecule has 1 heterocycles. The van der Waals surface area contributed by atoms with Gasteiger partial charge in [-0.3, -0.25) is 4.79 Å². The first-order chi connectivity index (χ1) is 15.9. The monoisotopic (exact) mass is 465 g/mol. The number of ether oxygens (including phenoxy) is 1. The van der Waals surface area contributed by atoms with Crippen molar-refractivity contribution in [2.45, 2.75) is 13.5 Å². The first kappa shape index (κ1) is 22.4. The number of para-hydroxylation sites is 1. The number of carbonyl (C=O) groups excluding carboxylic acids is 1. The predicted molar refractivity (Wildman–Crippen MR) is 125 cm³/mol. The highest BCUT2D eigenvalue weighted by atomic mass is 35.5. The molecule has 0 radical (unpaired) electrons. The van der Waals surface area contributed by atoms with Crippen LogP contribution in [0, 0.1) is 0 Å². The van der Waals surface area contributed by atoms with Crippen LogP contribution in [0.1, 0.15) is 22.8 Å². The first-order valence-electron chi connectivity index (χ1n) is 9.97. The molecule has 4 aromatic rings. The minimum atomic E-state index is -2.89. The van der Waals surface area contributed by atoms with Gasteiger partial charge in [-0.2, -0.15) is 13.9 Å². The molecule has 4 rings (SSSR count). The molecule has 166 valence electrons. The number of hydrogen-bond donors (Lipinski definition) is 1. The maximum atomic E-state index is 13.1. The topological polar surface area (TPSA) is 63.6 Å². The van der Waals surface area contributed by atoms with Gasteiger partial charge in [0.15, 0.2) is 0 Å². The van der Waals surface area contributed by atoms with Gasteiger partial charge >= 0.3 is 6.61 Å². The fourth-order valence-corrected chi connectivity index (χ4v) is 3.54. The fourth-order valence-electron chi connectivity index (χ4n) is 3.31. The van der Waals surface area contributed by atoms with Crippen LogP contribution in [-0.4, -0.2) is 23.2 Å². The lowest BCUT2D eigenvalue weighted by Gasteiger charge is -2.10. The van der Waals surface area contributed by atoms with Crippen LogP contribution in [-0.2, 0) is 0 Å². The Bertz CT molecular complexity index is 1340. The van der Waals surface area contributed by atoms with Crippen LogP contribution in [0.3, 0.4) is 0 Å². The van der Waals surface area contributed by atoms with E-state index in [1.165, 1.54) is 12.1 Å². The molecule has 0 saturated heterocycles. The molecule has 5 nitrogen and oxygen atoms in total. The molecule has 1 amide bonds. The van der Waals surface area contributed by atoms with Crippen LogP contribution in [0.5, 0.6) is 5.75 Å². The highest BCUT2D eigenvalue weighted by molar-refractivity contribution is 6.33. The summed E-state index contributed by atoms with van der Waals surface area (Å²) in [5, 5.41) is 5.37. The number of benzene rings is 3. The van der Waals surface area contributed by atoms with Crippen molar-refractivity contribution >= 4 is 34.1 Å². The summed E-state index contributed by atoms with van der Waals surface area (Å²) < 4.78 is 29.0. The van der Waals surface area contributed by atoms with Gasteiger partial charge < -0.3 is 4.74 Å². The van der Waals surface area contributed by atoms with Crippen molar-refractivity contribution in [3.8, 4) is 17.0 Å². The van der Waals surface area contributed by atoms with Gasteiger partial charge in [0.2, 0.25) is 0 Å². The number of hydrogen-bond acceptors (Lipinski definition) is 4. The van der Waals surface area contributed by atoms with E-state index in [1.807, 2.05) is 42.5 Å². The Balaban J connectivity index is 1.63. The van der Waals surface area contributed by atoms with Crippen molar-refractivity contribution in [2.75, 3.05) is 0 Å². The van der Waals surface area contributed by atoms with Gasteiger partial charge in [-0.05, 0) is 55.0 Å². The molecule has 0 aliphatic heterocycles. The zero-order valence-corrected chi connectivity index (χ0v) is 18.2. The molecular weight excluding hydrogens is 448 g/mol. The van der Waals surface area contributed by atoms with Crippen molar-refractivity contribution in [3.05, 3.63) is 95.0 Å². The third-order valence-electron chi connectivity index (χ3n) is 4.93. The molecule has 0 atom stereocenters. The van der Waals surface area contributed by atoms with Crippen molar-refractivity contribution in [3.63, 3.8) is 0 Å². The van der Waals surface area contributed by atoms with Gasteiger partial charge in [0.1, 0.15) is 5.75 Å². The number of hydrazone groups is 1. The van der Waals surface area contributed by atoms with Crippen LogP contribution < -0.4 is 10.2 Å². The standard InChI is InChI=1S/C25H18ClF2N3O2/c1-15(16-10-12-17(13-11-16)33-25(27)28)30-31-24(32)20-14-23(19-7-2-4-8-21(19)26)29-22-9-5-3-6-18(20)22/h2-14,25H,1H3,(H,31,32)/b30-15-. The van der Waals surface area contributed by atoms with E-state index in [-0.39, 0.29) is 5.75 Å². The van der Waals surface area contributed by atoms with Crippen molar-refractivity contribution in [1.29, 1.82) is 0 Å². The Hall–Kier alpha value is -3.84. The minimum absolute atomic E-state index is 0.0425. The molecule has 8 heteroatoms. The average molecular weight is 466 g/mol. The largest absolute Gasteiger partial charge is 0.435 e. The van der Waals surface area contributed by atoms with Crippen LogP contribution in [0.2, 0.25) is 5.02 Å². The Kier molecular flexibility index (Phi) is 6.60. The van der Waals surface area contributed by atoms with E-state index >= 15 is 0 Å². The number of nitrogens with zero attached hydrogens (tertiary/aromatic N) is 2. The summed E-state index contributed by atoms with van der Waals surface area (Å²) in [6, 6.07) is 22.3. The maximum absolute atomic E-state index is 13.1. The van der Waals surface area contributed by atoms with Crippen molar-refractivity contribution in [2.24, 2.45) is 5.10 Å². The summed E-state index contributed by atoms with van der Waals surface area (Å²) in [6.45, 7) is -1.20.